The van der Waals surface area contributed by atoms with Gasteiger partial charge in [0, 0.05) is 0 Å². The number of aromatic amines is 1. The van der Waals surface area contributed by atoms with Gasteiger partial charge < -0.3 is 11.1 Å². The van der Waals surface area contributed by atoms with Crippen molar-refractivity contribution in [3.63, 3.8) is 0 Å². The molecule has 7 nitrogen and oxygen atoms in total. The summed E-state index contributed by atoms with van der Waals surface area (Å²) in [7, 11) is 0. The summed E-state index contributed by atoms with van der Waals surface area (Å²) in [6, 6.07) is 0. The van der Waals surface area contributed by atoms with Crippen molar-refractivity contribution in [2.75, 3.05) is 6.54 Å². The fourth-order valence-electron chi connectivity index (χ4n) is 0.566. The fraction of sp³-hybridized carbons (Fsp3) is 0.200. The highest BCUT2D eigenvalue weighted by Gasteiger charge is 2.07. The summed E-state index contributed by atoms with van der Waals surface area (Å²) < 4.78 is 0. The number of nitrogens with one attached hydrogen (secondary N) is 2. The first-order valence-corrected chi connectivity index (χ1v) is 3.12. The number of rotatable bonds is 3. The van der Waals surface area contributed by atoms with Gasteiger partial charge in [0.1, 0.15) is 6.33 Å². The first kappa shape index (κ1) is 8.18. The molecule has 7 heteroatoms. The summed E-state index contributed by atoms with van der Waals surface area (Å²) in [5, 5.41) is 8.03. The molecule has 0 aliphatic rings. The van der Waals surface area contributed by atoms with E-state index < -0.39 is 11.8 Å². The Morgan fingerprint density at radius 2 is 2.42 bits per heavy atom. The van der Waals surface area contributed by atoms with Gasteiger partial charge in [-0.1, -0.05) is 0 Å². The first-order valence-electron chi connectivity index (χ1n) is 3.12. The van der Waals surface area contributed by atoms with Crippen molar-refractivity contribution < 1.29 is 9.59 Å². The first-order chi connectivity index (χ1) is 5.70. The topological polar surface area (TPSA) is 114 Å². The molecule has 4 N–H and O–H groups in total. The average molecular weight is 169 g/mol. The van der Waals surface area contributed by atoms with Crippen molar-refractivity contribution in [2.24, 2.45) is 5.73 Å². The number of primary amides is 1. The number of hydrogen-bond donors (Lipinski definition) is 3. The van der Waals surface area contributed by atoms with Crippen molar-refractivity contribution >= 4 is 11.8 Å². The molecule has 0 aliphatic carbocycles. The minimum Gasteiger partial charge on any atom is -0.368 e. The van der Waals surface area contributed by atoms with Crippen LogP contribution in [0.3, 0.4) is 0 Å². The molecule has 1 aromatic heterocycles. The molecule has 1 aromatic rings. The van der Waals surface area contributed by atoms with Crippen LogP contribution in [0.4, 0.5) is 0 Å². The van der Waals surface area contributed by atoms with Crippen molar-refractivity contribution in [3.8, 4) is 0 Å². The Morgan fingerprint density at radius 3 is 2.92 bits per heavy atom. The zero-order valence-corrected chi connectivity index (χ0v) is 6.07. The molecule has 0 bridgehead atoms. The van der Waals surface area contributed by atoms with Gasteiger partial charge in [-0.2, -0.15) is 5.10 Å². The number of nitrogens with two attached hydrogens (primary N) is 1. The normalized spacial score (nSPS) is 9.33. The van der Waals surface area contributed by atoms with E-state index in [-0.39, 0.29) is 12.4 Å². The van der Waals surface area contributed by atoms with Crippen molar-refractivity contribution in [3.05, 3.63) is 12.2 Å². The SMILES string of the molecule is NC(=O)CNC(=O)c1ncn[nH]1. The van der Waals surface area contributed by atoms with Gasteiger partial charge in [0.05, 0.1) is 6.54 Å². The Hall–Kier alpha value is -1.92. The minimum absolute atomic E-state index is 0.0521. The third kappa shape index (κ3) is 2.04. The third-order valence-electron chi connectivity index (χ3n) is 1.05. The Bertz CT molecular complexity index is 280. The highest BCUT2D eigenvalue weighted by atomic mass is 16.2. The molecular formula is C5H7N5O2. The molecule has 1 heterocycles. The van der Waals surface area contributed by atoms with E-state index in [9.17, 15) is 9.59 Å². The maximum absolute atomic E-state index is 11.0. The van der Waals surface area contributed by atoms with E-state index in [1.165, 1.54) is 6.33 Å². The molecule has 0 saturated carbocycles. The van der Waals surface area contributed by atoms with Gasteiger partial charge in [-0.25, -0.2) is 4.98 Å². The number of nitrogens with zero attached hydrogens (tertiary/aromatic N) is 2. The predicted octanol–water partition coefficient (Wildman–Crippen LogP) is -1.98. The van der Waals surface area contributed by atoms with Crippen LogP contribution in [-0.2, 0) is 4.79 Å². The van der Waals surface area contributed by atoms with E-state index in [4.69, 9.17) is 5.73 Å². The van der Waals surface area contributed by atoms with Crippen LogP contribution in [0.25, 0.3) is 0 Å². The zero-order valence-electron chi connectivity index (χ0n) is 6.07. The number of amides is 2. The number of H-pyrrole nitrogens is 1. The van der Waals surface area contributed by atoms with Crippen LogP contribution in [-0.4, -0.2) is 33.5 Å². The highest BCUT2D eigenvalue weighted by Crippen LogP contribution is 1.82. The fourth-order valence-corrected chi connectivity index (χ4v) is 0.566. The molecule has 0 radical (unpaired) electrons. The van der Waals surface area contributed by atoms with E-state index in [2.05, 4.69) is 20.5 Å². The standard InChI is InChI=1S/C5H7N5O2/c6-3(11)1-7-5(12)4-8-2-9-10-4/h2H,1H2,(H2,6,11)(H,7,12)(H,8,9,10). The van der Waals surface area contributed by atoms with Gasteiger partial charge in [-0.05, 0) is 0 Å². The average Bonchev–Trinajstić information content (AvgIpc) is 2.51. The maximum Gasteiger partial charge on any atom is 0.289 e. The van der Waals surface area contributed by atoms with Crippen LogP contribution >= 0.6 is 0 Å². The Labute approximate surface area is 67.4 Å². The summed E-state index contributed by atoms with van der Waals surface area (Å²) in [5.74, 6) is -1.06. The van der Waals surface area contributed by atoms with E-state index in [1.807, 2.05) is 0 Å². The summed E-state index contributed by atoms with van der Waals surface area (Å²) in [6.07, 6.45) is 1.19. The van der Waals surface area contributed by atoms with E-state index in [0.717, 1.165) is 0 Å². The number of aromatic nitrogens is 3. The molecule has 12 heavy (non-hydrogen) atoms. The van der Waals surface area contributed by atoms with Crippen molar-refractivity contribution in [1.29, 1.82) is 0 Å². The van der Waals surface area contributed by atoms with Crippen LogP contribution < -0.4 is 11.1 Å². The second-order valence-corrected chi connectivity index (χ2v) is 1.98. The molecule has 0 unspecified atom stereocenters. The second-order valence-electron chi connectivity index (χ2n) is 1.98. The molecular weight excluding hydrogens is 162 g/mol. The number of carbonyl (C=O) groups excluding carboxylic acids is 2. The molecule has 0 aromatic carbocycles. The Kier molecular flexibility index (Phi) is 2.36. The summed E-state index contributed by atoms with van der Waals surface area (Å²) in [6.45, 7) is -0.209. The van der Waals surface area contributed by atoms with Crippen LogP contribution in [0.2, 0.25) is 0 Å². The van der Waals surface area contributed by atoms with Gasteiger partial charge in [0.25, 0.3) is 5.91 Å². The lowest BCUT2D eigenvalue weighted by atomic mass is 10.5. The van der Waals surface area contributed by atoms with Crippen LogP contribution in [0.5, 0.6) is 0 Å². The van der Waals surface area contributed by atoms with Crippen LogP contribution in [0.1, 0.15) is 10.6 Å². The van der Waals surface area contributed by atoms with Gasteiger partial charge in [-0.15, -0.1) is 0 Å². The van der Waals surface area contributed by atoms with E-state index in [1.54, 1.807) is 0 Å². The van der Waals surface area contributed by atoms with Gasteiger partial charge in [0.2, 0.25) is 11.7 Å². The quantitative estimate of drug-likeness (QED) is 0.486. The van der Waals surface area contributed by atoms with Crippen molar-refractivity contribution in [1.82, 2.24) is 20.5 Å². The lowest BCUT2D eigenvalue weighted by Crippen LogP contribution is -2.33. The zero-order chi connectivity index (χ0) is 8.97. The molecule has 0 spiro atoms. The summed E-state index contributed by atoms with van der Waals surface area (Å²) in [4.78, 5) is 24.8. The minimum atomic E-state index is -0.608. The molecule has 0 atom stereocenters. The largest absolute Gasteiger partial charge is 0.368 e. The Balaban J connectivity index is 2.45. The molecule has 0 aliphatic heterocycles. The van der Waals surface area contributed by atoms with Crippen LogP contribution in [0.15, 0.2) is 6.33 Å². The summed E-state index contributed by atoms with van der Waals surface area (Å²) in [5.41, 5.74) is 4.79. The van der Waals surface area contributed by atoms with E-state index >= 15 is 0 Å². The molecule has 1 rings (SSSR count). The molecule has 0 saturated heterocycles. The summed E-state index contributed by atoms with van der Waals surface area (Å²) >= 11 is 0. The lowest BCUT2D eigenvalue weighted by molar-refractivity contribution is -0.117. The molecule has 64 valence electrons. The predicted molar refractivity (Wildman–Crippen MR) is 37.9 cm³/mol. The monoisotopic (exact) mass is 169 g/mol. The Morgan fingerprint density at radius 1 is 1.67 bits per heavy atom. The highest BCUT2D eigenvalue weighted by molar-refractivity contribution is 5.92. The molecule has 2 amide bonds. The molecule has 0 fully saturated rings. The van der Waals surface area contributed by atoms with Crippen molar-refractivity contribution in [2.45, 2.75) is 0 Å². The van der Waals surface area contributed by atoms with Crippen LogP contribution in [0, 0.1) is 0 Å². The third-order valence-corrected chi connectivity index (χ3v) is 1.05. The second kappa shape index (κ2) is 3.46. The number of hydrogen-bond acceptors (Lipinski definition) is 4. The van der Waals surface area contributed by atoms with Gasteiger partial charge in [-0.3, -0.25) is 14.7 Å². The smallest absolute Gasteiger partial charge is 0.289 e. The van der Waals surface area contributed by atoms with Gasteiger partial charge in [0.15, 0.2) is 0 Å². The maximum atomic E-state index is 11.0. The lowest BCUT2D eigenvalue weighted by Gasteiger charge is -1.97. The number of carbonyl (C=O) groups is 2. The van der Waals surface area contributed by atoms with Gasteiger partial charge >= 0.3 is 0 Å². The van der Waals surface area contributed by atoms with E-state index in [0.29, 0.717) is 0 Å².